The molecule has 0 bridgehead atoms. The van der Waals surface area contributed by atoms with Crippen molar-refractivity contribution >= 4 is 33.8 Å². The third-order valence-corrected chi connectivity index (χ3v) is 7.31. The van der Waals surface area contributed by atoms with Gasteiger partial charge in [0, 0.05) is 24.6 Å². The number of methoxy groups -OCH3 is 2. The van der Waals surface area contributed by atoms with E-state index in [0.29, 0.717) is 34.8 Å². The van der Waals surface area contributed by atoms with Gasteiger partial charge in [-0.15, -0.1) is 16.4 Å². The number of piperidine rings is 1. The van der Waals surface area contributed by atoms with Gasteiger partial charge in [0.25, 0.3) is 4.84 Å². The van der Waals surface area contributed by atoms with E-state index in [-0.39, 0.29) is 0 Å². The fourth-order valence-electron chi connectivity index (χ4n) is 4.06. The van der Waals surface area contributed by atoms with E-state index in [2.05, 4.69) is 28.2 Å². The van der Waals surface area contributed by atoms with Crippen molar-refractivity contribution < 1.29 is 13.9 Å². The highest BCUT2D eigenvalue weighted by Gasteiger charge is 2.24. The predicted octanol–water partition coefficient (Wildman–Crippen LogP) is 5.34. The number of para-hydroxylation sites is 1. The van der Waals surface area contributed by atoms with Gasteiger partial charge >= 0.3 is 0 Å². The number of benzene rings is 2. The Balaban J connectivity index is 1.26. The zero-order valence-corrected chi connectivity index (χ0v) is 19.6. The molecule has 1 saturated heterocycles. The molecule has 7 nitrogen and oxygen atoms in total. The lowest BCUT2D eigenvalue weighted by atomic mass is 9.98. The van der Waals surface area contributed by atoms with E-state index < -0.39 is 0 Å². The second-order valence-corrected chi connectivity index (χ2v) is 9.21. The molecule has 3 heterocycles. The van der Waals surface area contributed by atoms with Gasteiger partial charge in [0.05, 0.1) is 36.1 Å². The molecule has 0 aliphatic carbocycles. The first-order valence-corrected chi connectivity index (χ1v) is 11.8. The number of rotatable bonds is 6. The molecular weight excluding hydrogens is 444 g/mol. The normalized spacial score (nSPS) is 15.3. The number of fused-ring (bicyclic) bond motifs is 1. The van der Waals surface area contributed by atoms with Gasteiger partial charge in [-0.1, -0.05) is 12.1 Å². The third kappa shape index (κ3) is 4.15. The van der Waals surface area contributed by atoms with E-state index >= 15 is 0 Å². The molecule has 0 amide bonds. The summed E-state index contributed by atoms with van der Waals surface area (Å²) in [6.45, 7) is 2.56. The molecule has 1 fully saturated rings. The summed E-state index contributed by atoms with van der Waals surface area (Å²) >= 11 is 7.25. The van der Waals surface area contributed by atoms with Crippen LogP contribution in [0.15, 0.2) is 46.9 Å². The molecule has 32 heavy (non-hydrogen) atoms. The van der Waals surface area contributed by atoms with E-state index in [1.165, 1.54) is 9.71 Å². The average Bonchev–Trinajstić information content (AvgIpc) is 3.42. The molecule has 0 atom stereocenters. The lowest BCUT2D eigenvalue weighted by molar-refractivity contribution is 0.159. The SMILES string of the molecule is COc1ccc(-c2nn(CN3CCC(c4nc5ccccc5s4)CC3)c(=S)o2)cc1OC. The second kappa shape index (κ2) is 9.01. The highest BCUT2D eigenvalue weighted by molar-refractivity contribution is 7.71. The molecular formula is C23H24N4O3S2. The summed E-state index contributed by atoms with van der Waals surface area (Å²) < 4.78 is 19.5. The van der Waals surface area contributed by atoms with Crippen LogP contribution in [0.3, 0.4) is 0 Å². The summed E-state index contributed by atoms with van der Waals surface area (Å²) in [5.41, 5.74) is 1.90. The van der Waals surface area contributed by atoms with Crippen LogP contribution in [0.5, 0.6) is 11.5 Å². The van der Waals surface area contributed by atoms with Crippen molar-refractivity contribution in [2.24, 2.45) is 0 Å². The van der Waals surface area contributed by atoms with Crippen molar-refractivity contribution in [2.75, 3.05) is 27.3 Å². The van der Waals surface area contributed by atoms with Crippen LogP contribution < -0.4 is 9.47 Å². The predicted molar refractivity (Wildman–Crippen MR) is 127 cm³/mol. The first-order valence-electron chi connectivity index (χ1n) is 10.5. The van der Waals surface area contributed by atoms with E-state index in [1.807, 2.05) is 35.6 Å². The minimum absolute atomic E-state index is 0.364. The Bertz CT molecular complexity index is 1250. The van der Waals surface area contributed by atoms with E-state index in [4.69, 9.17) is 31.1 Å². The number of likely N-dealkylation sites (tertiary alicyclic amines) is 1. The summed E-state index contributed by atoms with van der Waals surface area (Å²) in [5.74, 6) is 2.26. The number of aromatic nitrogens is 3. The molecule has 1 aliphatic heterocycles. The first kappa shape index (κ1) is 21.1. The van der Waals surface area contributed by atoms with Crippen molar-refractivity contribution in [2.45, 2.75) is 25.4 Å². The Morgan fingerprint density at radius 1 is 1.09 bits per heavy atom. The average molecular weight is 469 g/mol. The maximum atomic E-state index is 5.77. The summed E-state index contributed by atoms with van der Waals surface area (Å²) in [7, 11) is 3.21. The number of thiazole rings is 1. The van der Waals surface area contributed by atoms with E-state index in [9.17, 15) is 0 Å². The molecule has 166 valence electrons. The van der Waals surface area contributed by atoms with Crippen LogP contribution in [0.4, 0.5) is 0 Å². The standard InChI is InChI=1S/C23H24N4O3S2/c1-28-18-8-7-16(13-19(18)29-2)21-25-27(23(31)30-21)14-26-11-9-15(10-12-26)22-24-17-5-3-4-6-20(17)32-22/h3-8,13,15H,9-12,14H2,1-2H3. The van der Waals surface area contributed by atoms with E-state index in [0.717, 1.165) is 37.0 Å². The number of nitrogens with zero attached hydrogens (tertiary/aromatic N) is 4. The van der Waals surface area contributed by atoms with E-state index in [1.54, 1.807) is 18.9 Å². The fourth-order valence-corrected chi connectivity index (χ4v) is 5.37. The van der Waals surface area contributed by atoms with Crippen LogP contribution in [0.2, 0.25) is 0 Å². The lowest BCUT2D eigenvalue weighted by Crippen LogP contribution is -2.34. The van der Waals surface area contributed by atoms with Crippen LogP contribution in [0, 0.1) is 4.84 Å². The third-order valence-electron chi connectivity index (χ3n) is 5.82. The van der Waals surface area contributed by atoms with Crippen molar-refractivity contribution in [1.82, 2.24) is 19.7 Å². The Kier molecular flexibility index (Phi) is 5.95. The molecule has 0 spiro atoms. The van der Waals surface area contributed by atoms with Gasteiger partial charge in [0.15, 0.2) is 11.5 Å². The molecule has 0 saturated carbocycles. The van der Waals surface area contributed by atoms with Gasteiger partial charge in [-0.05, 0) is 55.4 Å². The maximum absolute atomic E-state index is 5.77. The van der Waals surface area contributed by atoms with Gasteiger partial charge in [0.2, 0.25) is 5.89 Å². The molecule has 9 heteroatoms. The zero-order valence-electron chi connectivity index (χ0n) is 18.0. The van der Waals surface area contributed by atoms with Crippen molar-refractivity contribution in [3.63, 3.8) is 0 Å². The Hall–Kier alpha value is -2.75. The van der Waals surface area contributed by atoms with Gasteiger partial charge in [-0.25, -0.2) is 9.67 Å². The maximum Gasteiger partial charge on any atom is 0.288 e. The quantitative estimate of drug-likeness (QED) is 0.354. The van der Waals surface area contributed by atoms with Crippen LogP contribution in [0.1, 0.15) is 23.8 Å². The molecule has 0 radical (unpaired) electrons. The Morgan fingerprint density at radius 3 is 2.62 bits per heavy atom. The monoisotopic (exact) mass is 468 g/mol. The van der Waals surface area contributed by atoms with Crippen molar-refractivity contribution in [3.8, 4) is 23.0 Å². The number of hydrogen-bond donors (Lipinski definition) is 0. The summed E-state index contributed by atoms with van der Waals surface area (Å²) in [4.78, 5) is 7.58. The largest absolute Gasteiger partial charge is 0.493 e. The van der Waals surface area contributed by atoms with Crippen LogP contribution in [-0.4, -0.2) is 47.0 Å². The highest BCUT2D eigenvalue weighted by atomic mass is 32.1. The summed E-state index contributed by atoms with van der Waals surface area (Å²) in [5, 5.41) is 5.86. The molecule has 0 N–H and O–H groups in total. The molecule has 1 aliphatic rings. The minimum Gasteiger partial charge on any atom is -0.493 e. The Morgan fingerprint density at radius 2 is 1.88 bits per heavy atom. The minimum atomic E-state index is 0.364. The molecule has 5 rings (SSSR count). The van der Waals surface area contributed by atoms with Gasteiger partial charge in [-0.3, -0.25) is 4.90 Å². The van der Waals surface area contributed by atoms with Crippen molar-refractivity contribution in [1.29, 1.82) is 0 Å². The topological polar surface area (TPSA) is 65.5 Å². The Labute approximate surface area is 195 Å². The smallest absolute Gasteiger partial charge is 0.288 e. The van der Waals surface area contributed by atoms with Gasteiger partial charge in [0.1, 0.15) is 0 Å². The highest BCUT2D eigenvalue weighted by Crippen LogP contribution is 2.34. The second-order valence-electron chi connectivity index (χ2n) is 7.80. The van der Waals surface area contributed by atoms with Gasteiger partial charge in [-0.2, -0.15) is 0 Å². The van der Waals surface area contributed by atoms with Crippen LogP contribution >= 0.6 is 23.6 Å². The molecule has 2 aromatic carbocycles. The molecule has 2 aromatic heterocycles. The lowest BCUT2D eigenvalue weighted by Gasteiger charge is -2.30. The van der Waals surface area contributed by atoms with Crippen LogP contribution in [0.25, 0.3) is 21.7 Å². The zero-order chi connectivity index (χ0) is 22.1. The van der Waals surface area contributed by atoms with Crippen molar-refractivity contribution in [3.05, 3.63) is 52.3 Å². The van der Waals surface area contributed by atoms with Crippen LogP contribution in [-0.2, 0) is 6.67 Å². The fraction of sp³-hybridized carbons (Fsp3) is 0.348. The molecule has 0 unspecified atom stereocenters. The summed E-state index contributed by atoms with van der Waals surface area (Å²) in [6.07, 6.45) is 2.15. The van der Waals surface area contributed by atoms with Gasteiger partial charge < -0.3 is 13.9 Å². The summed E-state index contributed by atoms with van der Waals surface area (Å²) in [6, 6.07) is 13.9. The number of hydrogen-bond acceptors (Lipinski definition) is 8. The first-order chi connectivity index (χ1) is 15.6. The number of ether oxygens (including phenoxy) is 2. The molecule has 4 aromatic rings.